The number of thioether (sulfide) groups is 1. The van der Waals surface area contributed by atoms with Crippen molar-refractivity contribution in [2.24, 2.45) is 5.10 Å². The van der Waals surface area contributed by atoms with E-state index in [9.17, 15) is 0 Å². The number of allylic oxidation sites excluding steroid dienone is 2. The van der Waals surface area contributed by atoms with Crippen LogP contribution in [-0.2, 0) is 13.0 Å². The summed E-state index contributed by atoms with van der Waals surface area (Å²) < 4.78 is 0. The Bertz CT molecular complexity index is 764. The Morgan fingerprint density at radius 2 is 1.92 bits per heavy atom. The van der Waals surface area contributed by atoms with Crippen LogP contribution in [0.1, 0.15) is 37.5 Å². The number of hydrogen-bond acceptors (Lipinski definition) is 5. The Balaban J connectivity index is 0.00000117. The molecule has 0 spiro atoms. The number of aromatic nitrogens is 1. The van der Waals surface area contributed by atoms with Crippen molar-refractivity contribution in [2.75, 3.05) is 19.5 Å². The van der Waals surface area contributed by atoms with E-state index < -0.39 is 0 Å². The average molecular weight is 369 g/mol. The van der Waals surface area contributed by atoms with E-state index in [1.165, 1.54) is 20.9 Å². The van der Waals surface area contributed by atoms with Gasteiger partial charge in [-0.1, -0.05) is 56.0 Å². The lowest BCUT2D eigenvalue weighted by Crippen LogP contribution is -2.10. The standard InChI is InChI=1S/C19H22N4S.C2H6/c1-14-4-9-17-18(24-14)10-11-20-19(17)22-21-12-15-5-7-16(8-6-15)13-23(2)3;1-2/h4-8,10-12H,9,13H2,1-3H3,(H,20,22);1-2H3/b21-12+;. The molecule has 26 heavy (non-hydrogen) atoms. The molecule has 0 atom stereocenters. The maximum atomic E-state index is 4.42. The minimum atomic E-state index is 0.837. The molecule has 1 aliphatic heterocycles. The number of pyridine rings is 1. The van der Waals surface area contributed by atoms with Crippen LogP contribution in [0, 0.1) is 0 Å². The van der Waals surface area contributed by atoms with Crippen molar-refractivity contribution in [3.63, 3.8) is 0 Å². The van der Waals surface area contributed by atoms with Gasteiger partial charge in [-0.15, -0.1) is 0 Å². The van der Waals surface area contributed by atoms with Crippen LogP contribution in [0.4, 0.5) is 5.82 Å². The van der Waals surface area contributed by atoms with Gasteiger partial charge in [-0.3, -0.25) is 5.43 Å². The summed E-state index contributed by atoms with van der Waals surface area (Å²) in [5, 5.41) is 4.35. The van der Waals surface area contributed by atoms with Crippen molar-refractivity contribution in [2.45, 2.75) is 38.6 Å². The van der Waals surface area contributed by atoms with Crippen molar-refractivity contribution < 1.29 is 0 Å². The molecular formula is C21H28N4S. The molecule has 1 aliphatic rings. The summed E-state index contributed by atoms with van der Waals surface area (Å²) in [6, 6.07) is 10.5. The highest BCUT2D eigenvalue weighted by Crippen LogP contribution is 2.36. The van der Waals surface area contributed by atoms with E-state index in [4.69, 9.17) is 0 Å². The second-order valence-corrected chi connectivity index (χ2v) is 7.39. The fourth-order valence-electron chi connectivity index (χ4n) is 2.57. The number of fused-ring (bicyclic) bond motifs is 1. The normalized spacial score (nSPS) is 13.1. The van der Waals surface area contributed by atoms with Gasteiger partial charge < -0.3 is 4.90 Å². The molecule has 0 saturated carbocycles. The quantitative estimate of drug-likeness (QED) is 0.584. The second kappa shape index (κ2) is 10.1. The van der Waals surface area contributed by atoms with Crippen LogP contribution in [0.25, 0.3) is 0 Å². The van der Waals surface area contributed by atoms with Crippen LogP contribution in [0.5, 0.6) is 0 Å². The van der Waals surface area contributed by atoms with Gasteiger partial charge in [-0.05, 0) is 49.5 Å². The van der Waals surface area contributed by atoms with Gasteiger partial charge in [0, 0.05) is 23.2 Å². The van der Waals surface area contributed by atoms with E-state index in [1.807, 2.05) is 26.3 Å². The lowest BCUT2D eigenvalue weighted by atomic mass is 10.1. The Labute approximate surface area is 161 Å². The predicted molar refractivity (Wildman–Crippen MR) is 114 cm³/mol. The summed E-state index contributed by atoms with van der Waals surface area (Å²) in [6.07, 6.45) is 6.79. The average Bonchev–Trinajstić information content (AvgIpc) is 2.64. The largest absolute Gasteiger partial charge is 0.305 e. The number of nitrogens with one attached hydrogen (secondary N) is 1. The zero-order valence-electron chi connectivity index (χ0n) is 16.3. The first-order valence-corrected chi connectivity index (χ1v) is 9.79. The molecular weight excluding hydrogens is 340 g/mol. The molecule has 4 nitrogen and oxygen atoms in total. The highest BCUT2D eigenvalue weighted by atomic mass is 32.2. The SMILES string of the molecule is CC.CC1=CCc2c(ccnc2N/N=C/c2ccc(CN(C)C)cc2)S1. The lowest BCUT2D eigenvalue weighted by Gasteiger charge is -2.16. The molecule has 0 saturated heterocycles. The van der Waals surface area contributed by atoms with Crippen LogP contribution < -0.4 is 5.43 Å². The van der Waals surface area contributed by atoms with Crippen LogP contribution in [0.3, 0.4) is 0 Å². The van der Waals surface area contributed by atoms with Crippen LogP contribution in [0.15, 0.2) is 57.5 Å². The fraction of sp³-hybridized carbons (Fsp3) is 0.333. The van der Waals surface area contributed by atoms with Gasteiger partial charge in [-0.2, -0.15) is 5.10 Å². The molecule has 2 heterocycles. The molecule has 3 rings (SSSR count). The van der Waals surface area contributed by atoms with E-state index in [1.54, 1.807) is 11.8 Å². The van der Waals surface area contributed by atoms with Gasteiger partial charge in [0.15, 0.2) is 5.82 Å². The molecule has 1 N–H and O–H groups in total. The summed E-state index contributed by atoms with van der Waals surface area (Å²) in [4.78, 5) is 9.17. The number of anilines is 1. The van der Waals surface area contributed by atoms with E-state index >= 15 is 0 Å². The van der Waals surface area contributed by atoms with Crippen LogP contribution >= 0.6 is 11.8 Å². The van der Waals surface area contributed by atoms with E-state index in [0.717, 1.165) is 24.3 Å². The van der Waals surface area contributed by atoms with Crippen molar-refractivity contribution in [1.82, 2.24) is 9.88 Å². The molecule has 1 aromatic carbocycles. The molecule has 138 valence electrons. The number of benzene rings is 1. The fourth-order valence-corrected chi connectivity index (χ4v) is 3.51. The zero-order chi connectivity index (χ0) is 18.9. The van der Waals surface area contributed by atoms with E-state index in [-0.39, 0.29) is 0 Å². The van der Waals surface area contributed by atoms with Crippen molar-refractivity contribution >= 4 is 23.8 Å². The molecule has 5 heteroatoms. The van der Waals surface area contributed by atoms with Gasteiger partial charge in [0.05, 0.1) is 6.21 Å². The van der Waals surface area contributed by atoms with E-state index in [2.05, 4.69) is 77.8 Å². The van der Waals surface area contributed by atoms with Crippen molar-refractivity contribution in [3.05, 3.63) is 64.2 Å². The maximum absolute atomic E-state index is 4.42. The molecule has 0 unspecified atom stereocenters. The summed E-state index contributed by atoms with van der Waals surface area (Å²) in [5.41, 5.74) is 6.67. The first kappa shape index (κ1) is 20.2. The van der Waals surface area contributed by atoms with Crippen molar-refractivity contribution in [3.8, 4) is 0 Å². The van der Waals surface area contributed by atoms with Gasteiger partial charge in [0.2, 0.25) is 0 Å². The number of nitrogens with zero attached hydrogens (tertiary/aromatic N) is 3. The third kappa shape index (κ3) is 5.71. The highest BCUT2D eigenvalue weighted by molar-refractivity contribution is 8.03. The lowest BCUT2D eigenvalue weighted by molar-refractivity contribution is 0.402. The Morgan fingerprint density at radius 3 is 2.62 bits per heavy atom. The third-order valence-corrected chi connectivity index (χ3v) is 4.83. The van der Waals surface area contributed by atoms with Gasteiger partial charge in [-0.25, -0.2) is 4.98 Å². The molecule has 1 aromatic heterocycles. The van der Waals surface area contributed by atoms with E-state index in [0.29, 0.717) is 0 Å². The highest BCUT2D eigenvalue weighted by Gasteiger charge is 2.13. The second-order valence-electron chi connectivity index (χ2n) is 6.11. The number of hydrazone groups is 1. The summed E-state index contributed by atoms with van der Waals surface area (Å²) in [6.45, 7) is 7.08. The molecule has 2 aromatic rings. The van der Waals surface area contributed by atoms with Crippen LogP contribution in [0.2, 0.25) is 0 Å². The van der Waals surface area contributed by atoms with Gasteiger partial charge in [0.1, 0.15) is 0 Å². The molecule has 0 fully saturated rings. The van der Waals surface area contributed by atoms with Crippen molar-refractivity contribution in [1.29, 1.82) is 0 Å². The molecule has 0 radical (unpaired) electrons. The predicted octanol–water partition coefficient (Wildman–Crippen LogP) is 5.17. The summed E-state index contributed by atoms with van der Waals surface area (Å²) >= 11 is 1.79. The number of rotatable bonds is 5. The zero-order valence-corrected chi connectivity index (χ0v) is 17.1. The Kier molecular flexibility index (Phi) is 7.88. The molecule has 0 bridgehead atoms. The number of hydrogen-bond donors (Lipinski definition) is 1. The van der Waals surface area contributed by atoms with Crippen LogP contribution in [-0.4, -0.2) is 30.2 Å². The van der Waals surface area contributed by atoms with Gasteiger partial charge in [0.25, 0.3) is 0 Å². The first-order chi connectivity index (χ1) is 12.6. The summed E-state index contributed by atoms with van der Waals surface area (Å²) in [5.74, 6) is 0.837. The van der Waals surface area contributed by atoms with Gasteiger partial charge >= 0.3 is 0 Å². The minimum Gasteiger partial charge on any atom is -0.305 e. The Hall–Kier alpha value is -2.11. The maximum Gasteiger partial charge on any atom is 0.150 e. The molecule has 0 aliphatic carbocycles. The third-order valence-electron chi connectivity index (χ3n) is 3.74. The Morgan fingerprint density at radius 1 is 1.19 bits per heavy atom. The monoisotopic (exact) mass is 368 g/mol. The first-order valence-electron chi connectivity index (χ1n) is 8.97. The minimum absolute atomic E-state index is 0.837. The topological polar surface area (TPSA) is 40.5 Å². The summed E-state index contributed by atoms with van der Waals surface area (Å²) in [7, 11) is 4.14. The molecule has 0 amide bonds. The smallest absolute Gasteiger partial charge is 0.150 e.